The quantitative estimate of drug-likeness (QED) is 0.334. The van der Waals surface area contributed by atoms with Gasteiger partial charge < -0.3 is 9.47 Å². The van der Waals surface area contributed by atoms with Crippen molar-refractivity contribution in [3.05, 3.63) is 34.4 Å². The van der Waals surface area contributed by atoms with Gasteiger partial charge in [-0.15, -0.1) is 0 Å². The number of halogens is 1. The number of ketones is 2. The molecule has 0 aliphatic carbocycles. The average Bonchev–Trinajstić information content (AvgIpc) is 2.44. The maximum atomic E-state index is 11.4. The highest BCUT2D eigenvalue weighted by Crippen LogP contribution is 2.25. The first-order valence-corrected chi connectivity index (χ1v) is 7.04. The minimum atomic E-state index is -0.484. The van der Waals surface area contributed by atoms with Crippen LogP contribution in [0.4, 0.5) is 0 Å². The van der Waals surface area contributed by atoms with Crippen LogP contribution in [0.15, 0.2) is 23.8 Å². The number of benzene rings is 1. The number of Topliss-reactive ketones (excluding diaryl/α,β-unsaturated/α-hetero) is 2. The van der Waals surface area contributed by atoms with E-state index < -0.39 is 5.97 Å². The monoisotopic (exact) mass is 324 g/mol. The van der Waals surface area contributed by atoms with Gasteiger partial charge in [-0.3, -0.25) is 9.59 Å². The van der Waals surface area contributed by atoms with Crippen LogP contribution in [0.3, 0.4) is 0 Å². The fraction of sp³-hybridized carbons (Fsp3) is 0.312. The van der Waals surface area contributed by atoms with Crippen LogP contribution in [0.1, 0.15) is 26.3 Å². The highest BCUT2D eigenvalue weighted by Gasteiger charge is 2.11. The fourth-order valence-electron chi connectivity index (χ4n) is 1.67. The number of hydrogen-bond acceptors (Lipinski definition) is 5. The molecule has 1 aromatic rings. The summed E-state index contributed by atoms with van der Waals surface area (Å²) in [6.07, 6.45) is 1.41. The predicted molar refractivity (Wildman–Crippen MR) is 82.9 cm³/mol. The number of esters is 1. The second-order valence-electron chi connectivity index (χ2n) is 4.45. The molecule has 118 valence electrons. The molecule has 0 saturated heterocycles. The summed E-state index contributed by atoms with van der Waals surface area (Å²) >= 11 is 6.05. The van der Waals surface area contributed by atoms with Gasteiger partial charge in [0.15, 0.2) is 18.2 Å². The van der Waals surface area contributed by atoms with E-state index >= 15 is 0 Å². The Labute approximate surface area is 133 Å². The molecule has 0 heterocycles. The molecule has 0 bridgehead atoms. The smallest absolute Gasteiger partial charge is 0.344 e. The van der Waals surface area contributed by atoms with Gasteiger partial charge in [-0.2, -0.15) is 0 Å². The van der Waals surface area contributed by atoms with Crippen LogP contribution in [-0.2, 0) is 19.1 Å². The van der Waals surface area contributed by atoms with E-state index in [1.807, 2.05) is 0 Å². The molecule has 22 heavy (non-hydrogen) atoms. The molecule has 0 N–H and O–H groups in total. The van der Waals surface area contributed by atoms with Crippen molar-refractivity contribution >= 4 is 35.2 Å². The van der Waals surface area contributed by atoms with Gasteiger partial charge in [-0.1, -0.05) is 11.6 Å². The number of rotatable bonds is 7. The van der Waals surface area contributed by atoms with Crippen LogP contribution >= 0.6 is 11.6 Å². The van der Waals surface area contributed by atoms with E-state index in [1.54, 1.807) is 25.1 Å². The Kier molecular flexibility index (Phi) is 6.79. The van der Waals surface area contributed by atoms with Crippen LogP contribution in [0.5, 0.6) is 5.75 Å². The lowest BCUT2D eigenvalue weighted by atomic mass is 10.0. The molecule has 1 aromatic carbocycles. The molecular formula is C16H17ClO5. The summed E-state index contributed by atoms with van der Waals surface area (Å²) in [7, 11) is 0. The summed E-state index contributed by atoms with van der Waals surface area (Å²) in [6.45, 7) is 4.36. The predicted octanol–water partition coefficient (Wildman–Crippen LogP) is 2.84. The van der Waals surface area contributed by atoms with Gasteiger partial charge in [0.05, 0.1) is 12.2 Å². The maximum Gasteiger partial charge on any atom is 0.344 e. The Morgan fingerprint density at radius 2 is 1.82 bits per heavy atom. The van der Waals surface area contributed by atoms with Crippen molar-refractivity contribution in [2.24, 2.45) is 0 Å². The van der Waals surface area contributed by atoms with Crippen molar-refractivity contribution in [3.63, 3.8) is 0 Å². The van der Waals surface area contributed by atoms with E-state index in [0.717, 1.165) is 0 Å². The molecule has 0 aromatic heterocycles. The first kappa shape index (κ1) is 17.9. The number of carbonyl (C=O) groups is 3. The average molecular weight is 325 g/mol. The minimum absolute atomic E-state index is 0.0458. The Hall–Kier alpha value is -2.14. The van der Waals surface area contributed by atoms with Crippen molar-refractivity contribution in [2.45, 2.75) is 20.8 Å². The molecule has 1 rings (SSSR count). The number of ether oxygens (including phenoxy) is 2. The third-order valence-corrected chi connectivity index (χ3v) is 3.03. The zero-order valence-corrected chi connectivity index (χ0v) is 13.4. The lowest BCUT2D eigenvalue weighted by Crippen LogP contribution is -2.14. The fourth-order valence-corrected chi connectivity index (χ4v) is 1.85. The van der Waals surface area contributed by atoms with Crippen LogP contribution < -0.4 is 4.74 Å². The molecule has 5 nitrogen and oxygen atoms in total. The highest BCUT2D eigenvalue weighted by atomic mass is 35.5. The Bertz CT molecular complexity index is 603. The molecule has 0 atom stereocenters. The second kappa shape index (κ2) is 8.34. The van der Waals surface area contributed by atoms with E-state index in [0.29, 0.717) is 16.3 Å². The molecule has 6 heteroatoms. The van der Waals surface area contributed by atoms with Gasteiger partial charge in [0.25, 0.3) is 0 Å². The molecule has 0 saturated carbocycles. The lowest BCUT2D eigenvalue weighted by Gasteiger charge is -2.08. The summed E-state index contributed by atoms with van der Waals surface area (Å²) < 4.78 is 10.0. The van der Waals surface area contributed by atoms with Crippen molar-refractivity contribution in [1.29, 1.82) is 0 Å². The van der Waals surface area contributed by atoms with Gasteiger partial charge >= 0.3 is 5.97 Å². The number of allylic oxidation sites excluding steroid dienone is 1. The normalized spacial score (nSPS) is 9.82. The van der Waals surface area contributed by atoms with Crippen LogP contribution in [0, 0.1) is 0 Å². The third kappa shape index (κ3) is 5.33. The van der Waals surface area contributed by atoms with Gasteiger partial charge in [0, 0.05) is 5.02 Å². The van der Waals surface area contributed by atoms with Crippen molar-refractivity contribution in [3.8, 4) is 5.75 Å². The zero-order valence-electron chi connectivity index (χ0n) is 12.6. The number of carbonyl (C=O) groups excluding carboxylic acids is 3. The van der Waals surface area contributed by atoms with Gasteiger partial charge in [-0.25, -0.2) is 4.79 Å². The van der Waals surface area contributed by atoms with E-state index in [4.69, 9.17) is 21.1 Å². The molecule has 0 radical (unpaired) electrons. The van der Waals surface area contributed by atoms with Gasteiger partial charge in [-0.05, 0) is 50.6 Å². The molecule has 0 unspecified atom stereocenters. The Morgan fingerprint density at radius 3 is 2.36 bits per heavy atom. The van der Waals surface area contributed by atoms with E-state index in [1.165, 1.54) is 19.9 Å². The topological polar surface area (TPSA) is 69.7 Å². The summed E-state index contributed by atoms with van der Waals surface area (Å²) in [5.74, 6) is -0.791. The van der Waals surface area contributed by atoms with Gasteiger partial charge in [0.2, 0.25) is 0 Å². The molecule has 0 spiro atoms. The van der Waals surface area contributed by atoms with Crippen molar-refractivity contribution < 1.29 is 23.9 Å². The third-order valence-electron chi connectivity index (χ3n) is 2.69. The first-order valence-electron chi connectivity index (χ1n) is 6.66. The SMILES string of the molecule is CCOC(=O)COc1ccc(Cl)c(C=C(C(C)=O)C(C)=O)c1. The standard InChI is InChI=1S/C16H17ClO5/c1-4-21-16(20)9-22-13-5-6-15(17)12(7-13)8-14(10(2)18)11(3)19/h5-8H,4,9H2,1-3H3. The summed E-state index contributed by atoms with van der Waals surface area (Å²) in [5, 5.41) is 0.364. The molecule has 0 aliphatic rings. The van der Waals surface area contributed by atoms with Crippen molar-refractivity contribution in [2.75, 3.05) is 13.2 Å². The Balaban J connectivity index is 2.99. The van der Waals surface area contributed by atoms with Gasteiger partial charge in [0.1, 0.15) is 5.75 Å². The molecule has 0 amide bonds. The summed E-state index contributed by atoms with van der Waals surface area (Å²) in [6, 6.07) is 4.69. The van der Waals surface area contributed by atoms with Crippen LogP contribution in [-0.4, -0.2) is 30.7 Å². The maximum absolute atomic E-state index is 11.4. The molecule has 0 fully saturated rings. The second-order valence-corrected chi connectivity index (χ2v) is 4.85. The van der Waals surface area contributed by atoms with Crippen LogP contribution in [0.2, 0.25) is 5.02 Å². The lowest BCUT2D eigenvalue weighted by molar-refractivity contribution is -0.145. The zero-order chi connectivity index (χ0) is 16.7. The summed E-state index contributed by atoms with van der Waals surface area (Å²) in [5.41, 5.74) is 0.507. The van der Waals surface area contributed by atoms with Crippen LogP contribution in [0.25, 0.3) is 6.08 Å². The summed E-state index contributed by atoms with van der Waals surface area (Å²) in [4.78, 5) is 34.1. The Morgan fingerprint density at radius 1 is 1.18 bits per heavy atom. The first-order chi connectivity index (χ1) is 10.3. The molecular weight excluding hydrogens is 308 g/mol. The molecule has 0 aliphatic heterocycles. The minimum Gasteiger partial charge on any atom is -0.482 e. The van der Waals surface area contributed by atoms with E-state index in [2.05, 4.69) is 0 Å². The largest absolute Gasteiger partial charge is 0.482 e. The van der Waals surface area contributed by atoms with E-state index in [-0.39, 0.29) is 30.4 Å². The van der Waals surface area contributed by atoms with E-state index in [9.17, 15) is 14.4 Å². The highest BCUT2D eigenvalue weighted by molar-refractivity contribution is 6.32. The number of hydrogen-bond donors (Lipinski definition) is 0. The van der Waals surface area contributed by atoms with Crippen molar-refractivity contribution in [1.82, 2.24) is 0 Å².